The van der Waals surface area contributed by atoms with Crippen molar-refractivity contribution in [3.63, 3.8) is 0 Å². The summed E-state index contributed by atoms with van der Waals surface area (Å²) in [5.74, 6) is -1.08. The van der Waals surface area contributed by atoms with E-state index >= 15 is 0 Å². The van der Waals surface area contributed by atoms with Crippen molar-refractivity contribution >= 4 is 41.1 Å². The minimum absolute atomic E-state index is 0.163. The molecule has 0 aliphatic heterocycles. The van der Waals surface area contributed by atoms with Gasteiger partial charge in [0, 0.05) is 23.8 Å². The van der Waals surface area contributed by atoms with Crippen LogP contribution in [0.15, 0.2) is 46.9 Å². The third-order valence-corrected chi connectivity index (χ3v) is 3.32. The molecule has 0 radical (unpaired) electrons. The Balaban J connectivity index is 1.88. The average Bonchev–Trinajstić information content (AvgIpc) is 3.04. The maximum atomic E-state index is 12.0. The van der Waals surface area contributed by atoms with E-state index in [1.165, 1.54) is 30.2 Å². The zero-order valence-electron chi connectivity index (χ0n) is 13.1. The molecule has 1 aromatic carbocycles. The van der Waals surface area contributed by atoms with Gasteiger partial charge in [0.05, 0.1) is 12.6 Å². The molecule has 9 heteroatoms. The molecule has 0 spiro atoms. The molecular weight excluding hydrogens is 350 g/mol. The largest absolute Gasteiger partial charge is 0.433 e. The molecule has 130 valence electrons. The summed E-state index contributed by atoms with van der Waals surface area (Å²) in [6.45, 7) is -0.163. The molecule has 0 atom stereocenters. The van der Waals surface area contributed by atoms with Gasteiger partial charge in [-0.15, -0.1) is 0 Å². The molecular formula is C16H14ClN3O5. The second-order valence-corrected chi connectivity index (χ2v) is 5.45. The minimum atomic E-state index is -0.674. The highest BCUT2D eigenvalue weighted by atomic mass is 35.5. The number of carbonyl (C=O) groups excluding carboxylic acids is 2. The van der Waals surface area contributed by atoms with Crippen molar-refractivity contribution in [1.29, 1.82) is 0 Å². The number of nitrogens with zero attached hydrogens (tertiary/aromatic N) is 2. The number of hydrogen-bond donors (Lipinski definition) is 1. The lowest BCUT2D eigenvalue weighted by molar-refractivity contribution is -0.402. The molecule has 1 aromatic heterocycles. The molecule has 0 aliphatic rings. The summed E-state index contributed by atoms with van der Waals surface area (Å²) in [6, 6.07) is 9.12. The van der Waals surface area contributed by atoms with Crippen LogP contribution in [0.25, 0.3) is 6.08 Å². The van der Waals surface area contributed by atoms with Crippen LogP contribution in [-0.2, 0) is 9.59 Å². The standard InChI is InChI=1S/C16H14ClN3O5/c1-19(10-14(21)18-12-4-2-11(17)3-5-12)15(22)8-6-13-7-9-16(25-13)20(23)24/h2-9H,10H2,1H3,(H,18,21)/b8-6+. The van der Waals surface area contributed by atoms with Gasteiger partial charge in [0.25, 0.3) is 0 Å². The SMILES string of the molecule is CN(CC(=O)Nc1ccc(Cl)cc1)C(=O)/C=C/c1ccc([N+](=O)[O-])o1. The number of hydrogen-bond acceptors (Lipinski definition) is 5. The first-order valence-corrected chi connectivity index (χ1v) is 7.46. The van der Waals surface area contributed by atoms with Gasteiger partial charge in [-0.2, -0.15) is 0 Å². The van der Waals surface area contributed by atoms with Crippen molar-refractivity contribution in [3.05, 3.63) is 63.4 Å². The van der Waals surface area contributed by atoms with Crippen LogP contribution in [0.1, 0.15) is 5.76 Å². The molecule has 0 saturated heterocycles. The summed E-state index contributed by atoms with van der Waals surface area (Å²) in [7, 11) is 1.46. The second kappa shape index (κ2) is 8.11. The van der Waals surface area contributed by atoms with Crippen LogP contribution in [0.3, 0.4) is 0 Å². The first-order chi connectivity index (χ1) is 11.8. The van der Waals surface area contributed by atoms with Crippen molar-refractivity contribution in [3.8, 4) is 0 Å². The fraction of sp³-hybridized carbons (Fsp3) is 0.125. The van der Waals surface area contributed by atoms with Crippen LogP contribution >= 0.6 is 11.6 Å². The van der Waals surface area contributed by atoms with Gasteiger partial charge in [-0.25, -0.2) is 0 Å². The van der Waals surface area contributed by atoms with E-state index in [4.69, 9.17) is 16.0 Å². The average molecular weight is 364 g/mol. The fourth-order valence-electron chi connectivity index (χ4n) is 1.84. The van der Waals surface area contributed by atoms with Gasteiger partial charge in [0.2, 0.25) is 11.8 Å². The van der Waals surface area contributed by atoms with E-state index in [0.29, 0.717) is 10.7 Å². The molecule has 2 aromatic rings. The Morgan fingerprint density at radius 1 is 1.28 bits per heavy atom. The van der Waals surface area contributed by atoms with Crippen molar-refractivity contribution in [2.45, 2.75) is 0 Å². The van der Waals surface area contributed by atoms with Gasteiger partial charge in [-0.3, -0.25) is 19.7 Å². The monoisotopic (exact) mass is 363 g/mol. The summed E-state index contributed by atoms with van der Waals surface area (Å²) in [5.41, 5.74) is 0.564. The smallest absolute Gasteiger partial charge is 0.401 e. The van der Waals surface area contributed by atoms with Crippen LogP contribution in [0.5, 0.6) is 0 Å². The molecule has 1 heterocycles. The Kier molecular flexibility index (Phi) is 5.91. The normalized spacial score (nSPS) is 10.6. The number of halogens is 1. The number of furan rings is 1. The number of benzene rings is 1. The number of anilines is 1. The van der Waals surface area contributed by atoms with Gasteiger partial charge in [0.15, 0.2) is 0 Å². The lowest BCUT2D eigenvalue weighted by Crippen LogP contribution is -2.33. The number of nitro groups is 1. The molecule has 0 unspecified atom stereocenters. The van der Waals surface area contributed by atoms with Gasteiger partial charge in [0.1, 0.15) is 10.7 Å². The first kappa shape index (κ1) is 18.2. The fourth-order valence-corrected chi connectivity index (χ4v) is 1.96. The molecule has 0 fully saturated rings. The highest BCUT2D eigenvalue weighted by Gasteiger charge is 2.13. The van der Waals surface area contributed by atoms with Gasteiger partial charge < -0.3 is 14.6 Å². The summed E-state index contributed by atoms with van der Waals surface area (Å²) in [6.07, 6.45) is 2.46. The maximum Gasteiger partial charge on any atom is 0.433 e. The molecule has 0 saturated carbocycles. The first-order valence-electron chi connectivity index (χ1n) is 7.08. The Bertz CT molecular complexity index is 813. The van der Waals surface area contributed by atoms with Crippen LogP contribution in [0.2, 0.25) is 5.02 Å². The zero-order chi connectivity index (χ0) is 18.4. The summed E-state index contributed by atoms with van der Waals surface area (Å²) in [4.78, 5) is 34.9. The van der Waals surface area contributed by atoms with E-state index in [9.17, 15) is 19.7 Å². The molecule has 2 rings (SSSR count). The molecule has 0 aliphatic carbocycles. The van der Waals surface area contributed by atoms with E-state index in [-0.39, 0.29) is 18.2 Å². The van der Waals surface area contributed by atoms with E-state index < -0.39 is 16.7 Å². The van der Waals surface area contributed by atoms with Crippen LogP contribution in [0.4, 0.5) is 11.6 Å². The third-order valence-electron chi connectivity index (χ3n) is 3.07. The van der Waals surface area contributed by atoms with Crippen molar-refractivity contribution in [2.75, 3.05) is 18.9 Å². The van der Waals surface area contributed by atoms with E-state index in [2.05, 4.69) is 5.32 Å². The van der Waals surface area contributed by atoms with E-state index in [1.807, 2.05) is 0 Å². The van der Waals surface area contributed by atoms with E-state index in [0.717, 1.165) is 6.08 Å². The topological polar surface area (TPSA) is 106 Å². The lowest BCUT2D eigenvalue weighted by atomic mass is 10.3. The molecule has 1 N–H and O–H groups in total. The van der Waals surface area contributed by atoms with Crippen LogP contribution in [-0.4, -0.2) is 35.2 Å². The Morgan fingerprint density at radius 2 is 1.96 bits per heavy atom. The Morgan fingerprint density at radius 3 is 2.56 bits per heavy atom. The molecule has 0 bridgehead atoms. The highest BCUT2D eigenvalue weighted by Crippen LogP contribution is 2.16. The van der Waals surface area contributed by atoms with Crippen molar-refractivity contribution in [1.82, 2.24) is 4.90 Å². The van der Waals surface area contributed by atoms with Crippen molar-refractivity contribution in [2.24, 2.45) is 0 Å². The quantitative estimate of drug-likeness (QED) is 0.482. The molecule has 25 heavy (non-hydrogen) atoms. The minimum Gasteiger partial charge on any atom is -0.401 e. The summed E-state index contributed by atoms with van der Waals surface area (Å²) in [5, 5.41) is 13.7. The number of likely N-dealkylation sites (N-methyl/N-ethyl adjacent to an activating group) is 1. The van der Waals surface area contributed by atoms with Crippen LogP contribution in [0, 0.1) is 10.1 Å². The second-order valence-electron chi connectivity index (χ2n) is 5.02. The molecule has 8 nitrogen and oxygen atoms in total. The number of nitrogens with one attached hydrogen (secondary N) is 1. The zero-order valence-corrected chi connectivity index (χ0v) is 13.9. The van der Waals surface area contributed by atoms with Gasteiger partial charge in [-0.05, 0) is 36.4 Å². The number of amides is 2. The Labute approximate surface area is 147 Å². The highest BCUT2D eigenvalue weighted by molar-refractivity contribution is 6.30. The predicted octanol–water partition coefficient (Wildman–Crippen LogP) is 2.95. The summed E-state index contributed by atoms with van der Waals surface area (Å²) < 4.78 is 4.90. The third kappa shape index (κ3) is 5.47. The Hall–Kier alpha value is -3.13. The number of rotatable bonds is 6. The predicted molar refractivity (Wildman–Crippen MR) is 92.1 cm³/mol. The summed E-state index contributed by atoms with van der Waals surface area (Å²) >= 11 is 5.76. The lowest BCUT2D eigenvalue weighted by Gasteiger charge is -2.14. The van der Waals surface area contributed by atoms with Gasteiger partial charge >= 0.3 is 5.88 Å². The van der Waals surface area contributed by atoms with Gasteiger partial charge in [-0.1, -0.05) is 11.6 Å². The van der Waals surface area contributed by atoms with E-state index in [1.54, 1.807) is 24.3 Å². The van der Waals surface area contributed by atoms with Crippen molar-refractivity contribution < 1.29 is 18.9 Å². The number of carbonyl (C=O) groups is 2. The van der Waals surface area contributed by atoms with Crippen LogP contribution < -0.4 is 5.32 Å². The molecule has 2 amide bonds. The maximum absolute atomic E-state index is 12.0.